The molecule has 0 spiro atoms. The maximum Gasteiger partial charge on any atom is 0.271 e. The van der Waals surface area contributed by atoms with Crippen molar-refractivity contribution in [1.29, 1.82) is 0 Å². The second-order valence-corrected chi connectivity index (χ2v) is 6.20. The first-order valence-corrected chi connectivity index (χ1v) is 8.78. The first-order chi connectivity index (χ1) is 11.6. The second-order valence-electron chi connectivity index (χ2n) is 5.04. The van der Waals surface area contributed by atoms with E-state index in [2.05, 4.69) is 32.1 Å². The molecule has 2 N–H and O–H groups in total. The molecular formula is C15H19N5O2S2. The van der Waals surface area contributed by atoms with Gasteiger partial charge in [-0.2, -0.15) is 0 Å². The Morgan fingerprint density at radius 2 is 2.21 bits per heavy atom. The summed E-state index contributed by atoms with van der Waals surface area (Å²) in [7, 11) is 0. The first-order valence-electron chi connectivity index (χ1n) is 7.60. The van der Waals surface area contributed by atoms with Crippen LogP contribution in [0.3, 0.4) is 0 Å². The van der Waals surface area contributed by atoms with Gasteiger partial charge in [-0.25, -0.2) is 4.98 Å². The number of nitrogens with zero attached hydrogens (tertiary/aromatic N) is 3. The molecule has 0 aliphatic carbocycles. The van der Waals surface area contributed by atoms with Crippen LogP contribution in [-0.2, 0) is 0 Å². The van der Waals surface area contributed by atoms with Gasteiger partial charge in [-0.05, 0) is 43.2 Å². The molecule has 128 valence electrons. The van der Waals surface area contributed by atoms with Crippen molar-refractivity contribution in [2.45, 2.75) is 33.1 Å². The van der Waals surface area contributed by atoms with Crippen LogP contribution in [0.5, 0.6) is 5.88 Å². The van der Waals surface area contributed by atoms with Crippen molar-refractivity contribution in [3.63, 3.8) is 0 Å². The van der Waals surface area contributed by atoms with Crippen LogP contribution >= 0.6 is 23.8 Å². The maximum atomic E-state index is 12.0. The van der Waals surface area contributed by atoms with E-state index in [4.69, 9.17) is 17.0 Å². The second kappa shape index (κ2) is 9.24. The van der Waals surface area contributed by atoms with E-state index in [0.717, 1.165) is 30.8 Å². The predicted molar refractivity (Wildman–Crippen MR) is 97.6 cm³/mol. The number of thiocarbonyl (C=S) groups is 1. The van der Waals surface area contributed by atoms with Gasteiger partial charge in [0.15, 0.2) is 5.11 Å². The SMILES string of the molecule is CCCCCOc1ccc(NC(=S)NC(=O)c2snnc2C)cn1. The largest absolute Gasteiger partial charge is 0.478 e. The molecule has 24 heavy (non-hydrogen) atoms. The van der Waals surface area contributed by atoms with Crippen molar-refractivity contribution in [3.05, 3.63) is 28.9 Å². The number of hydrogen-bond acceptors (Lipinski definition) is 7. The van der Waals surface area contributed by atoms with Crippen LogP contribution in [0.25, 0.3) is 0 Å². The van der Waals surface area contributed by atoms with Gasteiger partial charge in [-0.1, -0.05) is 24.3 Å². The molecule has 1 amide bonds. The number of aryl methyl sites for hydroxylation is 1. The molecule has 0 atom stereocenters. The highest BCUT2D eigenvalue weighted by Crippen LogP contribution is 2.13. The fourth-order valence-electron chi connectivity index (χ4n) is 1.83. The van der Waals surface area contributed by atoms with E-state index in [-0.39, 0.29) is 11.0 Å². The number of anilines is 1. The number of ether oxygens (including phenoxy) is 1. The van der Waals surface area contributed by atoms with Crippen molar-refractivity contribution in [2.24, 2.45) is 0 Å². The van der Waals surface area contributed by atoms with Gasteiger partial charge < -0.3 is 10.1 Å². The lowest BCUT2D eigenvalue weighted by atomic mass is 10.3. The minimum atomic E-state index is -0.330. The lowest BCUT2D eigenvalue weighted by molar-refractivity contribution is 0.0981. The summed E-state index contributed by atoms with van der Waals surface area (Å²) in [5.74, 6) is 0.238. The summed E-state index contributed by atoms with van der Waals surface area (Å²) in [5, 5.41) is 9.47. The van der Waals surface area contributed by atoms with Gasteiger partial charge in [-0.15, -0.1) is 5.10 Å². The van der Waals surface area contributed by atoms with Crippen molar-refractivity contribution in [1.82, 2.24) is 19.9 Å². The number of hydrogen-bond donors (Lipinski definition) is 2. The monoisotopic (exact) mass is 365 g/mol. The van der Waals surface area contributed by atoms with Crippen molar-refractivity contribution < 1.29 is 9.53 Å². The van der Waals surface area contributed by atoms with Crippen LogP contribution < -0.4 is 15.4 Å². The Labute approximate surface area is 150 Å². The normalized spacial score (nSPS) is 10.2. The number of rotatable bonds is 7. The average molecular weight is 365 g/mol. The van der Waals surface area contributed by atoms with E-state index in [1.807, 2.05) is 0 Å². The molecule has 2 aromatic rings. The highest BCUT2D eigenvalue weighted by atomic mass is 32.1. The molecule has 0 radical (unpaired) electrons. The van der Waals surface area contributed by atoms with Crippen molar-refractivity contribution >= 4 is 40.5 Å². The fourth-order valence-corrected chi connectivity index (χ4v) is 2.59. The maximum absolute atomic E-state index is 12.0. The predicted octanol–water partition coefficient (Wildman–Crippen LogP) is 2.94. The molecule has 2 aromatic heterocycles. The van der Waals surface area contributed by atoms with Crippen LogP contribution in [0, 0.1) is 6.92 Å². The van der Waals surface area contributed by atoms with Gasteiger partial charge in [0.25, 0.3) is 5.91 Å². The van der Waals surface area contributed by atoms with Crippen LogP contribution in [0.1, 0.15) is 41.6 Å². The Kier molecular flexibility index (Phi) is 7.01. The Morgan fingerprint density at radius 3 is 2.83 bits per heavy atom. The quantitative estimate of drug-likeness (QED) is 0.576. The van der Waals surface area contributed by atoms with Crippen LogP contribution in [0.2, 0.25) is 0 Å². The number of pyridine rings is 1. The zero-order valence-electron chi connectivity index (χ0n) is 13.5. The van der Waals surface area contributed by atoms with Gasteiger partial charge in [0, 0.05) is 6.07 Å². The first kappa shape index (κ1) is 18.2. The van der Waals surface area contributed by atoms with Crippen LogP contribution in [0.15, 0.2) is 18.3 Å². The van der Waals surface area contributed by atoms with E-state index >= 15 is 0 Å². The van der Waals surface area contributed by atoms with Gasteiger partial charge in [0.1, 0.15) is 4.88 Å². The number of aromatic nitrogens is 3. The zero-order chi connectivity index (χ0) is 17.4. The molecular weight excluding hydrogens is 346 g/mol. The number of carbonyl (C=O) groups excluding carboxylic acids is 1. The lowest BCUT2D eigenvalue weighted by Gasteiger charge is -2.09. The summed E-state index contributed by atoms with van der Waals surface area (Å²) < 4.78 is 9.26. The molecule has 0 bridgehead atoms. The van der Waals surface area contributed by atoms with Crippen LogP contribution in [-0.4, -0.2) is 32.2 Å². The topological polar surface area (TPSA) is 89.0 Å². The summed E-state index contributed by atoms with van der Waals surface area (Å²) in [4.78, 5) is 16.6. The fraction of sp³-hybridized carbons (Fsp3) is 0.400. The Bertz CT molecular complexity index is 687. The van der Waals surface area contributed by atoms with Gasteiger partial charge in [0.05, 0.1) is 24.2 Å². The van der Waals surface area contributed by atoms with E-state index in [1.54, 1.807) is 25.3 Å². The molecule has 0 fully saturated rings. The zero-order valence-corrected chi connectivity index (χ0v) is 15.2. The van der Waals surface area contributed by atoms with Gasteiger partial charge in [-0.3, -0.25) is 10.1 Å². The van der Waals surface area contributed by atoms with E-state index in [9.17, 15) is 4.79 Å². The Morgan fingerprint density at radius 1 is 1.38 bits per heavy atom. The molecule has 0 unspecified atom stereocenters. The van der Waals surface area contributed by atoms with E-state index in [1.165, 1.54) is 0 Å². The molecule has 0 aliphatic heterocycles. The van der Waals surface area contributed by atoms with Gasteiger partial charge >= 0.3 is 0 Å². The molecule has 0 saturated carbocycles. The molecule has 7 nitrogen and oxygen atoms in total. The summed E-state index contributed by atoms with van der Waals surface area (Å²) >= 11 is 6.15. The van der Waals surface area contributed by atoms with Gasteiger partial charge in [0.2, 0.25) is 5.88 Å². The number of nitrogens with one attached hydrogen (secondary N) is 2. The third-order valence-corrected chi connectivity index (χ3v) is 4.11. The Balaban J connectivity index is 1.81. The minimum absolute atomic E-state index is 0.186. The molecule has 0 aliphatic rings. The average Bonchev–Trinajstić information content (AvgIpc) is 2.99. The third kappa shape index (κ3) is 5.50. The number of carbonyl (C=O) groups is 1. The summed E-state index contributed by atoms with van der Waals surface area (Å²) in [6.45, 7) is 4.52. The smallest absolute Gasteiger partial charge is 0.271 e. The highest BCUT2D eigenvalue weighted by molar-refractivity contribution is 7.80. The molecule has 2 rings (SSSR count). The van der Waals surface area contributed by atoms with Crippen molar-refractivity contribution in [2.75, 3.05) is 11.9 Å². The molecule has 0 saturated heterocycles. The highest BCUT2D eigenvalue weighted by Gasteiger charge is 2.14. The summed E-state index contributed by atoms with van der Waals surface area (Å²) in [5.41, 5.74) is 1.24. The standard InChI is InChI=1S/C15H19N5O2S2/c1-3-4-5-8-22-12-7-6-11(9-16-12)17-15(23)18-14(21)13-10(2)19-20-24-13/h6-7,9H,3-5,8H2,1-2H3,(H2,17,18,21,23). The minimum Gasteiger partial charge on any atom is -0.478 e. The molecule has 0 aromatic carbocycles. The Hall–Kier alpha value is -2.13. The van der Waals surface area contributed by atoms with Crippen molar-refractivity contribution in [3.8, 4) is 5.88 Å². The molecule has 9 heteroatoms. The number of amides is 1. The lowest BCUT2D eigenvalue weighted by Crippen LogP contribution is -2.34. The van der Waals surface area contributed by atoms with Crippen LogP contribution in [0.4, 0.5) is 5.69 Å². The third-order valence-electron chi connectivity index (χ3n) is 3.08. The number of unbranched alkanes of at least 4 members (excludes halogenated alkanes) is 2. The van der Waals surface area contributed by atoms with E-state index in [0.29, 0.717) is 28.7 Å². The summed E-state index contributed by atoms with van der Waals surface area (Å²) in [6, 6.07) is 3.55. The summed E-state index contributed by atoms with van der Waals surface area (Å²) in [6.07, 6.45) is 4.91. The van der Waals surface area contributed by atoms with E-state index < -0.39 is 0 Å². The molecule has 2 heterocycles.